The van der Waals surface area contributed by atoms with Gasteiger partial charge in [-0.25, -0.2) is 0 Å². The Kier molecular flexibility index (Phi) is 15.5. The zero-order valence-corrected chi connectivity index (χ0v) is 44.8. The molecular weight excluding hydrogens is 1110 g/mol. The average Bonchev–Trinajstić information content (AvgIpc) is 3.52. The summed E-state index contributed by atoms with van der Waals surface area (Å²) in [5, 5.41) is 0. The second kappa shape index (κ2) is 23.7. The van der Waals surface area contributed by atoms with Gasteiger partial charge in [0.05, 0.1) is 0 Å². The number of hydrogen-bond acceptors (Lipinski definition) is 3. The molecule has 3 aromatic heterocycles. The second-order valence-electron chi connectivity index (χ2n) is 19.2. The quantitative estimate of drug-likeness (QED) is 0.0960. The van der Waals surface area contributed by atoms with E-state index in [1.54, 1.807) is 0 Å². The van der Waals surface area contributed by atoms with Crippen molar-refractivity contribution in [3.05, 3.63) is 308 Å². The van der Waals surface area contributed by atoms with Crippen LogP contribution in [0.1, 0.15) is 22.3 Å². The van der Waals surface area contributed by atoms with Gasteiger partial charge in [0.1, 0.15) is 0 Å². The Hall–Kier alpha value is -8.92. The van der Waals surface area contributed by atoms with Crippen molar-refractivity contribution in [1.29, 1.82) is 0 Å². The molecule has 0 bridgehead atoms. The molecule has 0 aliphatic rings. The standard InChI is InChI=1S/C73H52N3.Ir/c1-4-14-56(15-5-1)59-34-36-60(37-35-59)69-50-65(73-51-64(42-45-76-73)58-18-8-3-9-19-58)39-41-68(69)70-49-63(57-16-6-2-7-17-57)38-40-67(70)66-47-54(24-22-52-26-30-61(31-27-52)71-20-10-12-43-74-71)46-55(48-66)25-23-53-28-32-62(33-29-53)72-21-11-13-44-75-72;/h1-21,26-30,32,34-38,40-51H,22-25H2;/q-3;+3. The molecule has 12 aromatic rings. The molecule has 0 aliphatic carbocycles. The SMILES string of the molecule is [Ir+3].[c-]1cc(CCc2cc(CCc3c[c-]c(-c4ccccn4)cc3)cc(-c3ccc(-c4ccccc4)cc3-c3c[c-]c(-c4cc(-c5ccccc5)ccn4)cc3-c3ccc(-c4ccccc4)cc3)c2)ccc1-c1ccccn1. The van der Waals surface area contributed by atoms with Gasteiger partial charge >= 0.3 is 20.1 Å². The van der Waals surface area contributed by atoms with Crippen LogP contribution < -0.4 is 0 Å². The van der Waals surface area contributed by atoms with Gasteiger partial charge in [-0.1, -0.05) is 212 Å². The van der Waals surface area contributed by atoms with Crippen molar-refractivity contribution < 1.29 is 20.1 Å². The van der Waals surface area contributed by atoms with Gasteiger partial charge in [-0.2, -0.15) is 0 Å². The van der Waals surface area contributed by atoms with Crippen LogP contribution in [0.2, 0.25) is 0 Å². The molecule has 0 N–H and O–H groups in total. The molecule has 368 valence electrons. The molecule has 0 saturated heterocycles. The largest absolute Gasteiger partial charge is 3.00 e. The smallest absolute Gasteiger partial charge is 0.305 e. The second-order valence-corrected chi connectivity index (χ2v) is 19.2. The van der Waals surface area contributed by atoms with E-state index >= 15 is 0 Å². The van der Waals surface area contributed by atoms with Crippen molar-refractivity contribution in [2.45, 2.75) is 25.7 Å². The Labute approximate surface area is 466 Å². The van der Waals surface area contributed by atoms with Crippen LogP contribution in [0.5, 0.6) is 0 Å². The zero-order valence-electron chi connectivity index (χ0n) is 42.4. The third-order valence-electron chi connectivity index (χ3n) is 14.2. The van der Waals surface area contributed by atoms with Gasteiger partial charge in [0, 0.05) is 18.6 Å². The van der Waals surface area contributed by atoms with E-state index in [0.717, 1.165) is 110 Å². The third kappa shape index (κ3) is 11.8. The Balaban J connectivity index is 0.00000631. The average molecular weight is 1160 g/mol. The molecule has 0 spiro atoms. The van der Waals surface area contributed by atoms with Crippen LogP contribution in [0.4, 0.5) is 0 Å². The summed E-state index contributed by atoms with van der Waals surface area (Å²) >= 11 is 0. The van der Waals surface area contributed by atoms with E-state index in [1.165, 1.54) is 38.9 Å². The number of hydrogen-bond donors (Lipinski definition) is 0. The fraction of sp³-hybridized carbons (Fsp3) is 0.0548. The predicted molar refractivity (Wildman–Crippen MR) is 313 cm³/mol. The summed E-state index contributed by atoms with van der Waals surface area (Å²) in [6, 6.07) is 99.6. The van der Waals surface area contributed by atoms with E-state index in [0.29, 0.717) is 0 Å². The summed E-state index contributed by atoms with van der Waals surface area (Å²) in [6.45, 7) is 0. The van der Waals surface area contributed by atoms with Crippen LogP contribution in [0, 0.1) is 18.2 Å². The molecular formula is C73H52IrN3. The van der Waals surface area contributed by atoms with Crippen molar-refractivity contribution in [2.75, 3.05) is 0 Å². The molecule has 12 rings (SSSR count). The topological polar surface area (TPSA) is 38.7 Å². The number of aromatic nitrogens is 3. The minimum absolute atomic E-state index is 0. The van der Waals surface area contributed by atoms with Gasteiger partial charge in [-0.3, -0.25) is 0 Å². The van der Waals surface area contributed by atoms with Crippen molar-refractivity contribution in [1.82, 2.24) is 15.0 Å². The number of pyridine rings is 3. The molecule has 0 radical (unpaired) electrons. The van der Waals surface area contributed by atoms with Gasteiger partial charge in [-0.05, 0) is 109 Å². The molecule has 3 heterocycles. The summed E-state index contributed by atoms with van der Waals surface area (Å²) in [7, 11) is 0. The van der Waals surface area contributed by atoms with E-state index in [1.807, 2.05) is 55.0 Å². The van der Waals surface area contributed by atoms with E-state index in [-0.39, 0.29) is 20.1 Å². The molecule has 9 aromatic carbocycles. The molecule has 3 nitrogen and oxygen atoms in total. The monoisotopic (exact) mass is 1160 g/mol. The third-order valence-corrected chi connectivity index (χ3v) is 14.2. The van der Waals surface area contributed by atoms with Gasteiger partial charge in [-0.15, -0.1) is 94.5 Å². The van der Waals surface area contributed by atoms with Gasteiger partial charge in [0.2, 0.25) is 0 Å². The first-order valence-corrected chi connectivity index (χ1v) is 26.0. The zero-order chi connectivity index (χ0) is 50.9. The molecule has 77 heavy (non-hydrogen) atoms. The van der Waals surface area contributed by atoms with E-state index in [9.17, 15) is 0 Å². The van der Waals surface area contributed by atoms with Crippen molar-refractivity contribution >= 4 is 0 Å². The van der Waals surface area contributed by atoms with Crippen molar-refractivity contribution in [2.24, 2.45) is 0 Å². The number of aryl methyl sites for hydroxylation is 4. The first-order chi connectivity index (χ1) is 37.6. The van der Waals surface area contributed by atoms with Gasteiger partial charge < -0.3 is 15.0 Å². The number of rotatable bonds is 15. The van der Waals surface area contributed by atoms with Gasteiger partial charge in [0.25, 0.3) is 0 Å². The van der Waals surface area contributed by atoms with Crippen LogP contribution in [-0.4, -0.2) is 15.0 Å². The molecule has 0 unspecified atom stereocenters. The summed E-state index contributed by atoms with van der Waals surface area (Å²) in [6.07, 6.45) is 9.08. The molecule has 0 fully saturated rings. The Bertz CT molecular complexity index is 3760. The summed E-state index contributed by atoms with van der Waals surface area (Å²) in [5.74, 6) is 0. The molecule has 0 atom stereocenters. The summed E-state index contributed by atoms with van der Waals surface area (Å²) in [4.78, 5) is 14.1. The fourth-order valence-electron chi connectivity index (χ4n) is 10.2. The number of benzene rings is 9. The van der Waals surface area contributed by atoms with E-state index in [2.05, 4.69) is 240 Å². The Morgan fingerprint density at radius 3 is 1.25 bits per heavy atom. The van der Waals surface area contributed by atoms with Crippen molar-refractivity contribution in [3.8, 4) is 101 Å². The fourth-order valence-corrected chi connectivity index (χ4v) is 10.2. The summed E-state index contributed by atoms with van der Waals surface area (Å²) in [5.41, 5.74) is 24.5. The molecule has 0 amide bonds. The van der Waals surface area contributed by atoms with Crippen molar-refractivity contribution in [3.63, 3.8) is 0 Å². The van der Waals surface area contributed by atoms with Crippen LogP contribution in [-0.2, 0) is 45.8 Å². The Morgan fingerprint density at radius 2 is 0.714 bits per heavy atom. The Morgan fingerprint density at radius 1 is 0.247 bits per heavy atom. The van der Waals surface area contributed by atoms with Crippen LogP contribution in [0.3, 0.4) is 0 Å². The van der Waals surface area contributed by atoms with Crippen LogP contribution in [0.15, 0.2) is 267 Å². The molecule has 4 heteroatoms. The maximum Gasteiger partial charge on any atom is 3.00 e. The normalized spacial score (nSPS) is 11.0. The first-order valence-electron chi connectivity index (χ1n) is 26.0. The number of nitrogens with zero attached hydrogens (tertiary/aromatic N) is 3. The molecule has 0 aliphatic heterocycles. The summed E-state index contributed by atoms with van der Waals surface area (Å²) < 4.78 is 0. The first kappa shape index (κ1) is 50.2. The van der Waals surface area contributed by atoms with E-state index < -0.39 is 0 Å². The van der Waals surface area contributed by atoms with Crippen LogP contribution in [0.25, 0.3) is 101 Å². The molecule has 0 saturated carbocycles. The maximum absolute atomic E-state index is 4.94. The van der Waals surface area contributed by atoms with Gasteiger partial charge in [0.15, 0.2) is 0 Å². The predicted octanol–water partition coefficient (Wildman–Crippen LogP) is 17.8. The van der Waals surface area contributed by atoms with Crippen LogP contribution >= 0.6 is 0 Å². The minimum Gasteiger partial charge on any atom is -0.305 e. The van der Waals surface area contributed by atoms with E-state index in [4.69, 9.17) is 4.98 Å². The minimum atomic E-state index is 0. The maximum atomic E-state index is 4.94.